The van der Waals surface area contributed by atoms with E-state index in [1.165, 1.54) is 22.8 Å². The minimum absolute atomic E-state index is 0.0833. The molecule has 1 heterocycles. The fourth-order valence-corrected chi connectivity index (χ4v) is 10.7. The normalized spacial score (nSPS) is 42.5. The molecule has 3 saturated carbocycles. The molecule has 0 saturated heterocycles. The summed E-state index contributed by atoms with van der Waals surface area (Å²) in [5.41, 5.74) is 0.705. The molecule has 2 N–H and O–H groups in total. The topological polar surface area (TPSA) is 66.8 Å². The van der Waals surface area contributed by atoms with Crippen LogP contribution in [0.1, 0.15) is 49.7 Å². The molecule has 4 aliphatic carbocycles. The Bertz CT molecular complexity index is 818. The molecule has 5 atom stereocenters. The number of benzene rings is 1. The van der Waals surface area contributed by atoms with Gasteiger partial charge in [0.2, 0.25) is 0 Å². The van der Waals surface area contributed by atoms with Gasteiger partial charge in [-0.15, -0.1) is 0 Å². The van der Waals surface area contributed by atoms with Crippen LogP contribution < -0.4 is 25.9 Å². The predicted molar refractivity (Wildman–Crippen MR) is 91.2 cm³/mol. The number of carbonyl (C=O) groups is 1. The maximum atomic E-state index is 12.8. The molecule has 1 aromatic rings. The fraction of sp³-hybridized carbons (Fsp3) is 0.667. The van der Waals surface area contributed by atoms with Gasteiger partial charge in [-0.2, -0.15) is 0 Å². The summed E-state index contributed by atoms with van der Waals surface area (Å²) in [6.45, 7) is 0. The van der Waals surface area contributed by atoms with Gasteiger partial charge in [-0.05, 0) is 0 Å². The van der Waals surface area contributed by atoms with Gasteiger partial charge < -0.3 is 0 Å². The predicted octanol–water partition coefficient (Wildman–Crippen LogP) is -0.681. The van der Waals surface area contributed by atoms with Crippen molar-refractivity contribution in [3.8, 4) is 11.5 Å². The summed E-state index contributed by atoms with van der Waals surface area (Å²) >= 11 is 0.0833. The van der Waals surface area contributed by atoms with Crippen LogP contribution in [0.2, 0.25) is 0 Å². The van der Waals surface area contributed by atoms with Crippen molar-refractivity contribution in [1.82, 2.24) is 0 Å². The molecule has 6 rings (SSSR count). The number of phenols is 1. The maximum absolute atomic E-state index is 12.8. The van der Waals surface area contributed by atoms with E-state index < -0.39 is 17.1 Å². The number of halogens is 1. The van der Waals surface area contributed by atoms with Crippen LogP contribution >= 0.6 is 0 Å². The summed E-state index contributed by atoms with van der Waals surface area (Å²) in [4.78, 5) is 12.8. The van der Waals surface area contributed by atoms with Gasteiger partial charge in [0.05, 0.1) is 0 Å². The van der Waals surface area contributed by atoms with E-state index in [0.29, 0.717) is 22.5 Å². The summed E-state index contributed by atoms with van der Waals surface area (Å²) in [5.74, 6) is 1.91. The SMILES string of the molecule is O=C1CC[C@@]2(O)[C@H]3Cc4ccc(O)c5c4[C@@]2(CCC3[I-]CC2CC2)[C@H]1O5. The first-order valence-electron chi connectivity index (χ1n) is 9.89. The first kappa shape index (κ1) is 16.2. The quantitative estimate of drug-likeness (QED) is 0.457. The molecule has 2 bridgehead atoms. The Hall–Kier alpha value is -0.820. The van der Waals surface area contributed by atoms with Gasteiger partial charge in [0.1, 0.15) is 0 Å². The van der Waals surface area contributed by atoms with Crippen LogP contribution in [-0.2, 0) is 16.6 Å². The molecule has 1 spiro atoms. The van der Waals surface area contributed by atoms with Crippen LogP contribution in [0.15, 0.2) is 12.1 Å². The summed E-state index contributed by atoms with van der Waals surface area (Å²) in [7, 11) is 0. The van der Waals surface area contributed by atoms with Crippen LogP contribution in [-0.4, -0.2) is 36.1 Å². The molecular weight excluding hydrogens is 443 g/mol. The van der Waals surface area contributed by atoms with Gasteiger partial charge >= 0.3 is 164 Å². The van der Waals surface area contributed by atoms with Crippen LogP contribution in [0.4, 0.5) is 0 Å². The van der Waals surface area contributed by atoms with Gasteiger partial charge in [0, 0.05) is 0 Å². The number of aliphatic hydroxyl groups is 1. The number of alkyl halides is 2. The number of aromatic hydroxyl groups is 1. The molecule has 3 fully saturated rings. The zero-order chi connectivity index (χ0) is 17.7. The molecule has 4 nitrogen and oxygen atoms in total. The average Bonchev–Trinajstić information content (AvgIpc) is 3.37. The summed E-state index contributed by atoms with van der Waals surface area (Å²) in [6.07, 6.45) is 5.98. The van der Waals surface area contributed by atoms with Crippen LogP contribution in [0, 0.1) is 11.8 Å². The number of Topliss-reactive ketones (excluding diaryl/α,β-unsaturated/α-hetero) is 1. The number of rotatable bonds is 3. The standard InChI is InChI=1S/C21H24IO4/c23-15-4-3-12-9-13-14(22-10-11-1-2-11)5-7-20-17(12)18(15)26-19(20)16(24)6-8-21(13,20)25/h3-4,11,13-14,19,23,25H,1-2,5-10H2/q-1/t13-,14?,19-,20-,21+/m0/s1. The minimum atomic E-state index is -0.843. The van der Waals surface area contributed by atoms with Gasteiger partial charge in [-0.3, -0.25) is 0 Å². The third kappa shape index (κ3) is 1.82. The van der Waals surface area contributed by atoms with Crippen LogP contribution in [0.5, 0.6) is 11.5 Å². The second-order valence-electron chi connectivity index (χ2n) is 8.93. The van der Waals surface area contributed by atoms with Gasteiger partial charge in [0.25, 0.3) is 0 Å². The first-order chi connectivity index (χ1) is 12.5. The van der Waals surface area contributed by atoms with Gasteiger partial charge in [-0.25, -0.2) is 0 Å². The number of hydrogen-bond donors (Lipinski definition) is 2. The van der Waals surface area contributed by atoms with E-state index in [2.05, 4.69) is 0 Å². The number of hydrogen-bond acceptors (Lipinski definition) is 4. The second-order valence-corrected chi connectivity index (χ2v) is 12.3. The first-order valence-corrected chi connectivity index (χ1v) is 12.7. The number of carbonyl (C=O) groups excluding carboxylic acids is 1. The molecule has 5 aliphatic rings. The Morgan fingerprint density at radius 1 is 1.23 bits per heavy atom. The van der Waals surface area contributed by atoms with E-state index in [1.807, 2.05) is 6.07 Å². The summed E-state index contributed by atoms with van der Waals surface area (Å²) in [5, 5.41) is 22.4. The molecule has 0 radical (unpaired) electrons. The Morgan fingerprint density at radius 2 is 2.08 bits per heavy atom. The third-order valence-electron chi connectivity index (χ3n) is 7.68. The Balaban J connectivity index is 1.51. The van der Waals surface area contributed by atoms with Crippen LogP contribution in [0.25, 0.3) is 0 Å². The Kier molecular flexibility index (Phi) is 3.21. The fourth-order valence-electron chi connectivity index (χ4n) is 6.28. The van der Waals surface area contributed by atoms with Gasteiger partial charge in [0.15, 0.2) is 0 Å². The zero-order valence-electron chi connectivity index (χ0n) is 14.7. The van der Waals surface area contributed by atoms with E-state index in [0.717, 1.165) is 30.7 Å². The van der Waals surface area contributed by atoms with Crippen LogP contribution in [0.3, 0.4) is 0 Å². The number of ether oxygens (including phenoxy) is 1. The van der Waals surface area contributed by atoms with E-state index in [4.69, 9.17) is 4.74 Å². The van der Waals surface area contributed by atoms with Crippen molar-refractivity contribution in [3.63, 3.8) is 0 Å². The summed E-state index contributed by atoms with van der Waals surface area (Å²) < 4.78 is 8.12. The van der Waals surface area contributed by atoms with E-state index in [9.17, 15) is 15.0 Å². The molecule has 26 heavy (non-hydrogen) atoms. The molecule has 0 amide bonds. The molecule has 140 valence electrons. The molecule has 0 aromatic heterocycles. The van der Waals surface area contributed by atoms with Crippen molar-refractivity contribution in [1.29, 1.82) is 0 Å². The second kappa shape index (κ2) is 5.16. The Labute approximate surface area is 163 Å². The number of ketones is 1. The zero-order valence-corrected chi connectivity index (χ0v) is 16.9. The molecule has 1 aliphatic heterocycles. The van der Waals surface area contributed by atoms with E-state index >= 15 is 0 Å². The van der Waals surface area contributed by atoms with Crippen molar-refractivity contribution in [2.24, 2.45) is 11.8 Å². The Morgan fingerprint density at radius 3 is 2.88 bits per heavy atom. The summed E-state index contributed by atoms with van der Waals surface area (Å²) in [6, 6.07) is 3.72. The van der Waals surface area contributed by atoms with Crippen molar-refractivity contribution in [3.05, 3.63) is 23.3 Å². The molecular formula is C21H24IO4-. The van der Waals surface area contributed by atoms with Crippen molar-refractivity contribution in [2.75, 3.05) is 4.43 Å². The molecule has 5 heteroatoms. The van der Waals surface area contributed by atoms with E-state index in [-0.39, 0.29) is 38.7 Å². The third-order valence-corrected chi connectivity index (χ3v) is 12.1. The molecule has 1 aromatic carbocycles. The molecule has 1 unspecified atom stereocenters. The van der Waals surface area contributed by atoms with Crippen molar-refractivity contribution in [2.45, 2.75) is 66.0 Å². The average molecular weight is 467 g/mol. The van der Waals surface area contributed by atoms with Crippen molar-refractivity contribution >= 4 is 5.78 Å². The van der Waals surface area contributed by atoms with Crippen molar-refractivity contribution < 1.29 is 40.9 Å². The van der Waals surface area contributed by atoms with E-state index in [1.54, 1.807) is 6.07 Å². The van der Waals surface area contributed by atoms with Gasteiger partial charge in [-0.1, -0.05) is 0 Å². The number of phenolic OH excluding ortho intramolecular Hbond substituents is 1. The monoisotopic (exact) mass is 467 g/mol.